The van der Waals surface area contributed by atoms with Crippen LogP contribution in [0.3, 0.4) is 0 Å². The lowest BCUT2D eigenvalue weighted by Crippen LogP contribution is -2.13. The van der Waals surface area contributed by atoms with Crippen LogP contribution in [-0.2, 0) is 0 Å². The average Bonchev–Trinajstić information content (AvgIpc) is 2.56. The van der Waals surface area contributed by atoms with Crippen LogP contribution in [-0.4, -0.2) is 23.1 Å². The van der Waals surface area contributed by atoms with Crippen molar-refractivity contribution in [2.45, 2.75) is 26.4 Å². The molecular weight excluding hydrogens is 332 g/mol. The summed E-state index contributed by atoms with van der Waals surface area (Å²) in [5.74, 6) is -1.41. The number of rotatable bonds is 6. The number of halogens is 1. The molecule has 0 saturated carbocycles. The van der Waals surface area contributed by atoms with E-state index in [4.69, 9.17) is 21.1 Å². The van der Waals surface area contributed by atoms with Crippen LogP contribution >= 0.6 is 11.6 Å². The van der Waals surface area contributed by atoms with Crippen LogP contribution in [0.25, 0.3) is 0 Å². The van der Waals surface area contributed by atoms with Crippen molar-refractivity contribution in [1.29, 1.82) is 0 Å². The quantitative estimate of drug-likeness (QED) is 0.617. The Labute approximate surface area is 144 Å². The Morgan fingerprint density at radius 1 is 1.21 bits per heavy atom. The van der Waals surface area contributed by atoms with Crippen molar-refractivity contribution in [2.24, 2.45) is 0 Å². The van der Waals surface area contributed by atoms with Crippen LogP contribution in [0.1, 0.15) is 41.0 Å². The molecule has 2 aromatic carbocycles. The molecule has 0 aliphatic rings. The lowest BCUT2D eigenvalue weighted by atomic mass is 10.2. The third kappa shape index (κ3) is 4.49. The summed E-state index contributed by atoms with van der Waals surface area (Å²) in [5.41, 5.74) is 0.0879. The third-order valence-corrected chi connectivity index (χ3v) is 3.59. The zero-order chi connectivity index (χ0) is 17.7. The number of hydrogen-bond donors (Lipinski definition) is 1. The molecule has 0 fully saturated rings. The molecular formula is C18H17ClO5. The summed E-state index contributed by atoms with van der Waals surface area (Å²) in [6, 6.07) is 10.6. The topological polar surface area (TPSA) is 72.8 Å². The molecule has 2 rings (SSSR count). The maximum atomic E-state index is 12.3. The van der Waals surface area contributed by atoms with Crippen molar-refractivity contribution in [2.75, 3.05) is 0 Å². The van der Waals surface area contributed by atoms with Gasteiger partial charge in [0.25, 0.3) is 0 Å². The Kier molecular flexibility index (Phi) is 5.82. The van der Waals surface area contributed by atoms with Crippen molar-refractivity contribution in [3.8, 4) is 11.5 Å². The number of carbonyl (C=O) groups excluding carboxylic acids is 1. The summed E-state index contributed by atoms with van der Waals surface area (Å²) in [7, 11) is 0. The molecule has 24 heavy (non-hydrogen) atoms. The summed E-state index contributed by atoms with van der Waals surface area (Å²) < 4.78 is 10.9. The standard InChI is InChI=1S/C18H17ClO5/c1-3-11(2)23-14-6-4-5-12(9-14)18(22)24-16-8-7-13(19)10-15(16)17(20)21/h4-11H,3H2,1-2H3,(H,20,21). The fourth-order valence-electron chi connectivity index (χ4n) is 1.93. The minimum Gasteiger partial charge on any atom is -0.491 e. The van der Waals surface area contributed by atoms with Crippen LogP contribution < -0.4 is 9.47 Å². The zero-order valence-electron chi connectivity index (χ0n) is 13.3. The van der Waals surface area contributed by atoms with Gasteiger partial charge in [0.05, 0.1) is 11.7 Å². The van der Waals surface area contributed by atoms with Crippen LogP contribution in [0.4, 0.5) is 0 Å². The van der Waals surface area contributed by atoms with Gasteiger partial charge in [0.15, 0.2) is 0 Å². The van der Waals surface area contributed by atoms with Crippen molar-refractivity contribution in [3.63, 3.8) is 0 Å². The number of hydrogen-bond acceptors (Lipinski definition) is 4. The van der Waals surface area contributed by atoms with Crippen LogP contribution in [0, 0.1) is 0 Å². The first-order chi connectivity index (χ1) is 11.4. The van der Waals surface area contributed by atoms with E-state index >= 15 is 0 Å². The Morgan fingerprint density at radius 2 is 1.96 bits per heavy atom. The molecule has 0 heterocycles. The number of carboxylic acids is 1. The smallest absolute Gasteiger partial charge is 0.343 e. The minimum atomic E-state index is -1.23. The Bertz CT molecular complexity index is 757. The highest BCUT2D eigenvalue weighted by Gasteiger charge is 2.17. The zero-order valence-corrected chi connectivity index (χ0v) is 14.0. The predicted octanol–water partition coefficient (Wildman–Crippen LogP) is 4.43. The predicted molar refractivity (Wildman–Crippen MR) is 90.2 cm³/mol. The minimum absolute atomic E-state index is 0.0196. The molecule has 2 aromatic rings. The summed E-state index contributed by atoms with van der Waals surface area (Å²) in [6.45, 7) is 3.93. The van der Waals surface area contributed by atoms with E-state index in [0.29, 0.717) is 5.75 Å². The summed E-state index contributed by atoms with van der Waals surface area (Å²) in [4.78, 5) is 23.5. The molecule has 1 N–H and O–H groups in total. The highest BCUT2D eigenvalue weighted by Crippen LogP contribution is 2.24. The van der Waals surface area contributed by atoms with Gasteiger partial charge in [-0.15, -0.1) is 0 Å². The van der Waals surface area contributed by atoms with E-state index in [1.165, 1.54) is 18.2 Å². The van der Waals surface area contributed by atoms with Crippen LogP contribution in [0.2, 0.25) is 5.02 Å². The number of carbonyl (C=O) groups is 2. The number of benzene rings is 2. The van der Waals surface area contributed by atoms with Gasteiger partial charge < -0.3 is 14.6 Å². The molecule has 0 aliphatic heterocycles. The molecule has 0 aromatic heterocycles. The van der Waals surface area contributed by atoms with Gasteiger partial charge in [-0.25, -0.2) is 9.59 Å². The molecule has 0 spiro atoms. The SMILES string of the molecule is CCC(C)Oc1cccc(C(=O)Oc2ccc(Cl)cc2C(=O)O)c1. The molecule has 0 saturated heterocycles. The van der Waals surface area contributed by atoms with E-state index in [1.807, 2.05) is 13.8 Å². The van der Waals surface area contributed by atoms with Gasteiger partial charge in [0.2, 0.25) is 0 Å². The van der Waals surface area contributed by atoms with Crippen molar-refractivity contribution in [1.82, 2.24) is 0 Å². The second-order valence-corrected chi connectivity index (χ2v) is 5.64. The maximum Gasteiger partial charge on any atom is 0.343 e. The number of carboxylic acid groups (broad SMARTS) is 1. The van der Waals surface area contributed by atoms with E-state index in [9.17, 15) is 14.7 Å². The second kappa shape index (κ2) is 7.84. The van der Waals surface area contributed by atoms with Gasteiger partial charge in [-0.2, -0.15) is 0 Å². The molecule has 6 heteroatoms. The average molecular weight is 349 g/mol. The van der Waals surface area contributed by atoms with E-state index in [-0.39, 0.29) is 28.0 Å². The van der Waals surface area contributed by atoms with E-state index < -0.39 is 11.9 Å². The van der Waals surface area contributed by atoms with Gasteiger partial charge in [-0.05, 0) is 49.7 Å². The van der Waals surface area contributed by atoms with Gasteiger partial charge >= 0.3 is 11.9 Å². The van der Waals surface area contributed by atoms with Crippen molar-refractivity contribution >= 4 is 23.5 Å². The monoisotopic (exact) mass is 348 g/mol. The summed E-state index contributed by atoms with van der Waals surface area (Å²) >= 11 is 5.78. The molecule has 0 bridgehead atoms. The fraction of sp³-hybridized carbons (Fsp3) is 0.222. The van der Waals surface area contributed by atoms with Gasteiger partial charge in [-0.1, -0.05) is 24.6 Å². The highest BCUT2D eigenvalue weighted by atomic mass is 35.5. The van der Waals surface area contributed by atoms with Crippen LogP contribution in [0.15, 0.2) is 42.5 Å². The third-order valence-electron chi connectivity index (χ3n) is 3.36. The lowest BCUT2D eigenvalue weighted by Gasteiger charge is -2.13. The highest BCUT2D eigenvalue weighted by molar-refractivity contribution is 6.31. The van der Waals surface area contributed by atoms with Crippen LogP contribution in [0.5, 0.6) is 11.5 Å². The number of ether oxygens (including phenoxy) is 2. The van der Waals surface area contributed by atoms with E-state index in [2.05, 4.69) is 0 Å². The molecule has 5 nitrogen and oxygen atoms in total. The largest absolute Gasteiger partial charge is 0.491 e. The summed E-state index contributed by atoms with van der Waals surface area (Å²) in [5, 5.41) is 9.42. The molecule has 1 atom stereocenters. The molecule has 0 radical (unpaired) electrons. The second-order valence-electron chi connectivity index (χ2n) is 5.20. The first-order valence-corrected chi connectivity index (χ1v) is 7.80. The Hall–Kier alpha value is -2.53. The van der Waals surface area contributed by atoms with E-state index in [0.717, 1.165) is 6.42 Å². The van der Waals surface area contributed by atoms with Gasteiger partial charge in [0, 0.05) is 5.02 Å². The van der Waals surface area contributed by atoms with Gasteiger partial charge in [-0.3, -0.25) is 0 Å². The molecule has 0 aliphatic carbocycles. The Morgan fingerprint density at radius 3 is 2.62 bits per heavy atom. The van der Waals surface area contributed by atoms with Gasteiger partial charge in [0.1, 0.15) is 17.1 Å². The first-order valence-electron chi connectivity index (χ1n) is 7.42. The summed E-state index contributed by atoms with van der Waals surface area (Å²) in [6.07, 6.45) is 0.854. The Balaban J connectivity index is 2.21. The molecule has 1 unspecified atom stereocenters. The fourth-order valence-corrected chi connectivity index (χ4v) is 2.10. The van der Waals surface area contributed by atoms with E-state index in [1.54, 1.807) is 24.3 Å². The van der Waals surface area contributed by atoms with Crippen molar-refractivity contribution < 1.29 is 24.2 Å². The number of esters is 1. The first kappa shape index (κ1) is 17.8. The normalized spacial score (nSPS) is 11.6. The molecule has 126 valence electrons. The number of aromatic carboxylic acids is 1. The molecule has 0 amide bonds. The lowest BCUT2D eigenvalue weighted by molar-refractivity contribution is 0.0681. The maximum absolute atomic E-state index is 12.3. The van der Waals surface area contributed by atoms with Crippen molar-refractivity contribution in [3.05, 3.63) is 58.6 Å².